The van der Waals surface area contributed by atoms with Gasteiger partial charge in [0, 0.05) is 6.54 Å². The first kappa shape index (κ1) is 17.8. The quantitative estimate of drug-likeness (QED) is 0.585. The molecule has 2 rings (SSSR count). The van der Waals surface area contributed by atoms with Crippen molar-refractivity contribution in [3.05, 3.63) is 28.8 Å². The number of carbonyl (C=O) groups excluding carboxylic acids is 2. The van der Waals surface area contributed by atoms with Crippen molar-refractivity contribution in [2.24, 2.45) is 0 Å². The van der Waals surface area contributed by atoms with Crippen LogP contribution >= 0.6 is 11.6 Å². The van der Waals surface area contributed by atoms with E-state index in [4.69, 9.17) is 11.6 Å². The molecule has 1 aromatic carbocycles. The van der Waals surface area contributed by atoms with Crippen LogP contribution in [0.5, 0.6) is 0 Å². The second-order valence-electron chi connectivity index (χ2n) is 6.26. The molecule has 0 saturated heterocycles. The SMILES string of the molecule is Cc1ccc(Cl)c(NC(=O)C(=O)NCC2(O)CCCCCC2)c1. The number of hydrogen-bond acceptors (Lipinski definition) is 3. The Kier molecular flexibility index (Phi) is 6.02. The number of aliphatic hydroxyl groups is 1. The van der Waals surface area contributed by atoms with E-state index in [0.717, 1.165) is 31.2 Å². The van der Waals surface area contributed by atoms with E-state index < -0.39 is 17.4 Å². The molecule has 1 aromatic rings. The minimum Gasteiger partial charge on any atom is -0.388 e. The predicted molar refractivity (Wildman–Crippen MR) is 90.5 cm³/mol. The van der Waals surface area contributed by atoms with Crippen LogP contribution in [0.1, 0.15) is 44.1 Å². The summed E-state index contributed by atoms with van der Waals surface area (Å²) in [6.07, 6.45) is 5.39. The number of nitrogens with one attached hydrogen (secondary N) is 2. The van der Waals surface area contributed by atoms with Crippen molar-refractivity contribution in [2.75, 3.05) is 11.9 Å². The molecule has 0 unspecified atom stereocenters. The highest BCUT2D eigenvalue weighted by Gasteiger charge is 2.29. The van der Waals surface area contributed by atoms with Gasteiger partial charge in [0.1, 0.15) is 0 Å². The van der Waals surface area contributed by atoms with E-state index >= 15 is 0 Å². The van der Waals surface area contributed by atoms with Gasteiger partial charge < -0.3 is 15.7 Å². The number of aryl methyl sites for hydroxylation is 1. The largest absolute Gasteiger partial charge is 0.388 e. The number of benzene rings is 1. The van der Waals surface area contributed by atoms with Crippen LogP contribution in [0.3, 0.4) is 0 Å². The van der Waals surface area contributed by atoms with Crippen LogP contribution in [-0.4, -0.2) is 29.1 Å². The molecule has 1 aliphatic carbocycles. The van der Waals surface area contributed by atoms with Gasteiger partial charge in [-0.2, -0.15) is 0 Å². The van der Waals surface area contributed by atoms with E-state index in [-0.39, 0.29) is 6.54 Å². The summed E-state index contributed by atoms with van der Waals surface area (Å²) in [5.41, 5.74) is 0.422. The Morgan fingerprint density at radius 2 is 1.83 bits per heavy atom. The van der Waals surface area contributed by atoms with Gasteiger partial charge in [0.25, 0.3) is 0 Å². The number of halogens is 1. The Morgan fingerprint density at radius 3 is 2.48 bits per heavy atom. The first-order valence-corrected chi connectivity index (χ1v) is 8.35. The van der Waals surface area contributed by atoms with Crippen molar-refractivity contribution >= 4 is 29.1 Å². The van der Waals surface area contributed by atoms with E-state index in [1.54, 1.807) is 12.1 Å². The molecule has 1 aliphatic rings. The van der Waals surface area contributed by atoms with E-state index in [2.05, 4.69) is 10.6 Å². The summed E-state index contributed by atoms with van der Waals surface area (Å²) in [4.78, 5) is 23.9. The van der Waals surface area contributed by atoms with E-state index in [1.807, 2.05) is 13.0 Å². The van der Waals surface area contributed by atoms with Crippen LogP contribution in [0.15, 0.2) is 18.2 Å². The van der Waals surface area contributed by atoms with Gasteiger partial charge in [-0.25, -0.2) is 0 Å². The maximum absolute atomic E-state index is 12.0. The first-order valence-electron chi connectivity index (χ1n) is 7.97. The Hall–Kier alpha value is -1.59. The summed E-state index contributed by atoms with van der Waals surface area (Å²) in [6.45, 7) is 1.97. The maximum atomic E-state index is 12.0. The molecule has 0 aromatic heterocycles. The van der Waals surface area contributed by atoms with Crippen molar-refractivity contribution in [1.82, 2.24) is 5.32 Å². The fourth-order valence-corrected chi connectivity index (χ4v) is 2.97. The molecule has 0 heterocycles. The molecule has 0 bridgehead atoms. The van der Waals surface area contributed by atoms with E-state index in [9.17, 15) is 14.7 Å². The van der Waals surface area contributed by atoms with Gasteiger partial charge in [0.15, 0.2) is 0 Å². The normalized spacial score (nSPS) is 17.2. The van der Waals surface area contributed by atoms with Crippen LogP contribution in [0.2, 0.25) is 5.02 Å². The topological polar surface area (TPSA) is 78.4 Å². The number of hydrogen-bond donors (Lipinski definition) is 3. The van der Waals surface area contributed by atoms with E-state index in [1.165, 1.54) is 0 Å². The Bertz CT molecular complexity index is 581. The Balaban J connectivity index is 1.89. The highest BCUT2D eigenvalue weighted by molar-refractivity contribution is 6.41. The van der Waals surface area contributed by atoms with Gasteiger partial charge in [-0.15, -0.1) is 0 Å². The summed E-state index contributed by atoms with van der Waals surface area (Å²) < 4.78 is 0. The van der Waals surface area contributed by atoms with Gasteiger partial charge >= 0.3 is 11.8 Å². The molecule has 0 radical (unpaired) electrons. The summed E-state index contributed by atoms with van der Waals surface area (Å²) in [5, 5.41) is 15.9. The van der Waals surface area contributed by atoms with Crippen molar-refractivity contribution < 1.29 is 14.7 Å². The minimum atomic E-state index is -0.909. The second kappa shape index (κ2) is 7.79. The molecular formula is C17H23ClN2O3. The molecule has 2 amide bonds. The molecular weight excluding hydrogens is 316 g/mol. The zero-order chi connectivity index (χ0) is 16.9. The predicted octanol–water partition coefficient (Wildman–Crippen LogP) is 2.79. The zero-order valence-electron chi connectivity index (χ0n) is 13.3. The molecule has 23 heavy (non-hydrogen) atoms. The maximum Gasteiger partial charge on any atom is 0.313 e. The van der Waals surface area contributed by atoms with Crippen LogP contribution < -0.4 is 10.6 Å². The Morgan fingerprint density at radius 1 is 1.17 bits per heavy atom. The van der Waals surface area contributed by atoms with Crippen LogP contribution in [0.25, 0.3) is 0 Å². The third kappa shape index (κ3) is 5.22. The smallest absolute Gasteiger partial charge is 0.313 e. The highest BCUT2D eigenvalue weighted by Crippen LogP contribution is 2.26. The summed E-state index contributed by atoms with van der Waals surface area (Å²) in [5.74, 6) is -1.55. The van der Waals surface area contributed by atoms with Crippen LogP contribution in [-0.2, 0) is 9.59 Å². The zero-order valence-corrected chi connectivity index (χ0v) is 14.1. The minimum absolute atomic E-state index is 0.0980. The molecule has 1 fully saturated rings. The molecule has 3 N–H and O–H groups in total. The third-order valence-electron chi connectivity index (χ3n) is 4.19. The number of anilines is 1. The average molecular weight is 339 g/mol. The first-order chi connectivity index (χ1) is 10.9. The van der Waals surface area contributed by atoms with Crippen molar-refractivity contribution in [2.45, 2.75) is 51.0 Å². The van der Waals surface area contributed by atoms with Crippen LogP contribution in [0.4, 0.5) is 5.69 Å². The summed E-state index contributed by atoms with van der Waals surface area (Å²) in [6, 6.07) is 5.19. The molecule has 0 atom stereocenters. The monoisotopic (exact) mass is 338 g/mol. The lowest BCUT2D eigenvalue weighted by Crippen LogP contribution is -2.46. The van der Waals surface area contributed by atoms with Crippen molar-refractivity contribution in [1.29, 1.82) is 0 Å². The highest BCUT2D eigenvalue weighted by atomic mass is 35.5. The lowest BCUT2D eigenvalue weighted by molar-refractivity contribution is -0.136. The van der Waals surface area contributed by atoms with Gasteiger partial charge in [-0.1, -0.05) is 43.4 Å². The van der Waals surface area contributed by atoms with Gasteiger partial charge in [-0.05, 0) is 37.5 Å². The van der Waals surface area contributed by atoms with Crippen LogP contribution in [0, 0.1) is 6.92 Å². The second-order valence-corrected chi connectivity index (χ2v) is 6.67. The third-order valence-corrected chi connectivity index (χ3v) is 4.52. The standard InChI is InChI=1S/C17H23ClN2O3/c1-12-6-7-13(18)14(10-12)20-16(22)15(21)19-11-17(23)8-4-2-3-5-9-17/h6-7,10,23H,2-5,8-9,11H2,1H3,(H,19,21)(H,20,22). The van der Waals surface area contributed by atoms with Gasteiger partial charge in [-0.3, -0.25) is 9.59 Å². The fourth-order valence-electron chi connectivity index (χ4n) is 2.80. The van der Waals surface area contributed by atoms with Crippen molar-refractivity contribution in [3.8, 4) is 0 Å². The van der Waals surface area contributed by atoms with Gasteiger partial charge in [0.2, 0.25) is 0 Å². The lowest BCUT2D eigenvalue weighted by atomic mass is 9.94. The fraction of sp³-hybridized carbons (Fsp3) is 0.529. The number of rotatable bonds is 3. The average Bonchev–Trinajstić information content (AvgIpc) is 2.73. The molecule has 0 spiro atoms. The molecule has 0 aliphatic heterocycles. The molecule has 1 saturated carbocycles. The number of amides is 2. The van der Waals surface area contributed by atoms with Gasteiger partial charge in [0.05, 0.1) is 16.3 Å². The van der Waals surface area contributed by atoms with E-state index in [0.29, 0.717) is 23.6 Å². The molecule has 126 valence electrons. The summed E-state index contributed by atoms with van der Waals surface area (Å²) in [7, 11) is 0. The Labute approximate surface area is 141 Å². The number of carbonyl (C=O) groups is 2. The molecule has 6 heteroatoms. The lowest BCUT2D eigenvalue weighted by Gasteiger charge is -2.26. The summed E-state index contributed by atoms with van der Waals surface area (Å²) >= 11 is 6.00. The van der Waals surface area contributed by atoms with Crippen molar-refractivity contribution in [3.63, 3.8) is 0 Å². The molecule has 5 nitrogen and oxygen atoms in total.